The zero-order valence-corrected chi connectivity index (χ0v) is 12.0. The predicted molar refractivity (Wildman–Crippen MR) is 75.0 cm³/mol. The van der Waals surface area contributed by atoms with Crippen LogP contribution in [0.2, 0.25) is 0 Å². The lowest BCUT2D eigenvalue weighted by Gasteiger charge is -2.03. The van der Waals surface area contributed by atoms with Gasteiger partial charge in [-0.25, -0.2) is 9.97 Å². The summed E-state index contributed by atoms with van der Waals surface area (Å²) in [4.78, 5) is 9.94. The number of hydrogen-bond acceptors (Lipinski definition) is 4. The Morgan fingerprint density at radius 1 is 1.35 bits per heavy atom. The van der Waals surface area contributed by atoms with Gasteiger partial charge in [0, 0.05) is 12.7 Å². The number of nitrogens with one attached hydrogen (secondary N) is 1. The van der Waals surface area contributed by atoms with Crippen molar-refractivity contribution in [2.24, 2.45) is 0 Å². The van der Waals surface area contributed by atoms with Gasteiger partial charge in [-0.05, 0) is 47.1 Å². The standard InChI is InChI=1S/C12H14BrN3S/c1-2-6-14-8-9-5-7-15-12(16-9)10-3-4-11(13)17-10/h3-5,7,14H,2,6,8H2,1H3. The first-order chi connectivity index (χ1) is 8.29. The van der Waals surface area contributed by atoms with Gasteiger partial charge in [0.2, 0.25) is 0 Å². The zero-order chi connectivity index (χ0) is 12.1. The average molecular weight is 312 g/mol. The molecule has 0 spiro atoms. The lowest BCUT2D eigenvalue weighted by molar-refractivity contribution is 0.663. The summed E-state index contributed by atoms with van der Waals surface area (Å²) >= 11 is 5.10. The highest BCUT2D eigenvalue weighted by Crippen LogP contribution is 2.28. The average Bonchev–Trinajstić information content (AvgIpc) is 2.77. The Balaban J connectivity index is 2.11. The molecule has 2 rings (SSSR count). The van der Waals surface area contributed by atoms with E-state index in [1.807, 2.05) is 24.4 Å². The number of aromatic nitrogens is 2. The van der Waals surface area contributed by atoms with Gasteiger partial charge in [0.15, 0.2) is 5.82 Å². The third-order valence-electron chi connectivity index (χ3n) is 2.24. The minimum atomic E-state index is 0.801. The highest BCUT2D eigenvalue weighted by atomic mass is 79.9. The highest BCUT2D eigenvalue weighted by molar-refractivity contribution is 9.11. The molecular weight excluding hydrogens is 298 g/mol. The van der Waals surface area contributed by atoms with Crippen molar-refractivity contribution in [1.82, 2.24) is 15.3 Å². The van der Waals surface area contributed by atoms with Crippen molar-refractivity contribution in [3.63, 3.8) is 0 Å². The largest absolute Gasteiger partial charge is 0.311 e. The van der Waals surface area contributed by atoms with Crippen LogP contribution >= 0.6 is 27.3 Å². The summed E-state index contributed by atoms with van der Waals surface area (Å²) in [6.07, 6.45) is 2.95. The molecule has 0 aliphatic carbocycles. The number of halogens is 1. The zero-order valence-electron chi connectivity index (χ0n) is 9.61. The van der Waals surface area contributed by atoms with Crippen LogP contribution < -0.4 is 5.32 Å². The van der Waals surface area contributed by atoms with Crippen LogP contribution in [0, 0.1) is 0 Å². The van der Waals surface area contributed by atoms with Gasteiger partial charge in [-0.3, -0.25) is 0 Å². The van der Waals surface area contributed by atoms with Crippen molar-refractivity contribution in [3.8, 4) is 10.7 Å². The summed E-state index contributed by atoms with van der Waals surface area (Å²) in [6, 6.07) is 6.01. The minimum absolute atomic E-state index is 0.801. The van der Waals surface area contributed by atoms with Crippen molar-refractivity contribution in [1.29, 1.82) is 0 Å². The van der Waals surface area contributed by atoms with Crippen LogP contribution in [0.3, 0.4) is 0 Å². The number of nitrogens with zero attached hydrogens (tertiary/aromatic N) is 2. The first-order valence-electron chi connectivity index (χ1n) is 5.58. The fourth-order valence-corrected chi connectivity index (χ4v) is 2.77. The van der Waals surface area contributed by atoms with E-state index in [9.17, 15) is 0 Å². The van der Waals surface area contributed by atoms with Crippen molar-refractivity contribution in [3.05, 3.63) is 33.9 Å². The van der Waals surface area contributed by atoms with Gasteiger partial charge in [0.1, 0.15) is 0 Å². The molecule has 0 saturated heterocycles. The Hall–Kier alpha value is -0.780. The molecule has 2 aromatic heterocycles. The maximum Gasteiger partial charge on any atom is 0.169 e. The SMILES string of the molecule is CCCNCc1ccnc(-c2ccc(Br)s2)n1. The van der Waals surface area contributed by atoms with E-state index in [1.54, 1.807) is 11.3 Å². The van der Waals surface area contributed by atoms with Crippen LogP contribution in [0.4, 0.5) is 0 Å². The Labute approximate surface area is 113 Å². The Kier molecular flexibility index (Phi) is 4.65. The van der Waals surface area contributed by atoms with Gasteiger partial charge in [0.25, 0.3) is 0 Å². The third-order valence-corrected chi connectivity index (χ3v) is 3.86. The van der Waals surface area contributed by atoms with Crippen LogP contribution in [0.1, 0.15) is 19.0 Å². The maximum atomic E-state index is 4.54. The van der Waals surface area contributed by atoms with Gasteiger partial charge in [-0.1, -0.05) is 6.92 Å². The molecule has 0 saturated carbocycles. The molecule has 90 valence electrons. The summed E-state index contributed by atoms with van der Waals surface area (Å²) in [5.41, 5.74) is 1.04. The molecule has 1 N–H and O–H groups in total. The molecule has 17 heavy (non-hydrogen) atoms. The molecule has 0 unspecified atom stereocenters. The Morgan fingerprint density at radius 3 is 2.94 bits per heavy atom. The van der Waals surface area contributed by atoms with Crippen molar-refractivity contribution in [2.75, 3.05) is 6.54 Å². The fourth-order valence-electron chi connectivity index (χ4n) is 1.44. The summed E-state index contributed by atoms with van der Waals surface area (Å²) in [5, 5.41) is 3.34. The van der Waals surface area contributed by atoms with Crippen molar-refractivity contribution in [2.45, 2.75) is 19.9 Å². The Bertz CT molecular complexity index is 484. The summed E-state index contributed by atoms with van der Waals surface area (Å²) in [6.45, 7) is 3.97. The van der Waals surface area contributed by atoms with Crippen LogP contribution in [0.5, 0.6) is 0 Å². The molecule has 2 heterocycles. The molecule has 0 aromatic carbocycles. The maximum absolute atomic E-state index is 4.54. The van der Waals surface area contributed by atoms with E-state index in [0.29, 0.717) is 0 Å². The molecule has 0 bridgehead atoms. The van der Waals surface area contributed by atoms with Gasteiger partial charge in [-0.15, -0.1) is 11.3 Å². The van der Waals surface area contributed by atoms with E-state index >= 15 is 0 Å². The van der Waals surface area contributed by atoms with E-state index in [-0.39, 0.29) is 0 Å². The van der Waals surface area contributed by atoms with Crippen molar-refractivity contribution >= 4 is 27.3 Å². The molecule has 3 nitrogen and oxygen atoms in total. The molecule has 0 aliphatic rings. The lowest BCUT2D eigenvalue weighted by atomic mass is 10.3. The van der Waals surface area contributed by atoms with Crippen LogP contribution in [-0.4, -0.2) is 16.5 Å². The van der Waals surface area contributed by atoms with E-state index < -0.39 is 0 Å². The van der Waals surface area contributed by atoms with Gasteiger partial charge < -0.3 is 5.32 Å². The highest BCUT2D eigenvalue weighted by Gasteiger charge is 2.05. The van der Waals surface area contributed by atoms with Crippen LogP contribution in [0.25, 0.3) is 10.7 Å². The molecule has 0 amide bonds. The molecule has 5 heteroatoms. The molecule has 0 radical (unpaired) electrons. The van der Waals surface area contributed by atoms with E-state index in [1.165, 1.54) is 0 Å². The fraction of sp³-hybridized carbons (Fsp3) is 0.333. The summed E-state index contributed by atoms with van der Waals surface area (Å²) < 4.78 is 1.10. The van der Waals surface area contributed by atoms with Gasteiger partial charge in [0.05, 0.1) is 14.4 Å². The monoisotopic (exact) mass is 311 g/mol. The number of rotatable bonds is 5. The molecule has 0 atom stereocenters. The third kappa shape index (κ3) is 3.59. The number of thiophene rings is 1. The Morgan fingerprint density at radius 2 is 2.24 bits per heavy atom. The summed E-state index contributed by atoms with van der Waals surface area (Å²) in [5.74, 6) is 0.802. The van der Waals surface area contributed by atoms with Crippen LogP contribution in [0.15, 0.2) is 28.2 Å². The second kappa shape index (κ2) is 6.23. The summed E-state index contributed by atoms with van der Waals surface area (Å²) in [7, 11) is 0. The van der Waals surface area contributed by atoms with E-state index in [4.69, 9.17) is 0 Å². The number of hydrogen-bond donors (Lipinski definition) is 1. The first-order valence-corrected chi connectivity index (χ1v) is 7.19. The van der Waals surface area contributed by atoms with Gasteiger partial charge >= 0.3 is 0 Å². The second-order valence-corrected chi connectivity index (χ2v) is 6.12. The molecule has 0 fully saturated rings. The lowest BCUT2D eigenvalue weighted by Crippen LogP contribution is -2.15. The van der Waals surface area contributed by atoms with E-state index in [0.717, 1.165) is 39.7 Å². The predicted octanol–water partition coefficient (Wildman–Crippen LogP) is 3.47. The van der Waals surface area contributed by atoms with Gasteiger partial charge in [-0.2, -0.15) is 0 Å². The van der Waals surface area contributed by atoms with Crippen molar-refractivity contribution < 1.29 is 0 Å². The topological polar surface area (TPSA) is 37.8 Å². The molecule has 0 aliphatic heterocycles. The normalized spacial score (nSPS) is 10.7. The second-order valence-electron chi connectivity index (χ2n) is 3.65. The molecule has 2 aromatic rings. The quantitative estimate of drug-likeness (QED) is 0.859. The smallest absolute Gasteiger partial charge is 0.169 e. The van der Waals surface area contributed by atoms with Crippen LogP contribution in [-0.2, 0) is 6.54 Å². The minimum Gasteiger partial charge on any atom is -0.311 e. The first kappa shape index (κ1) is 12.7. The molecular formula is C12H14BrN3S. The van der Waals surface area contributed by atoms with E-state index in [2.05, 4.69) is 38.1 Å².